The normalized spacial score (nSPS) is 48.4. The SMILES string of the molecule is O=C1C=C2CC(O)C3CC2(O1)C1CCCCN31. The maximum Gasteiger partial charge on any atom is 0.331 e. The molecular formula is C13H17NO3. The molecule has 92 valence electrons. The Kier molecular flexibility index (Phi) is 1.85. The van der Waals surface area contributed by atoms with E-state index in [9.17, 15) is 9.90 Å². The Morgan fingerprint density at radius 2 is 2.35 bits per heavy atom. The first kappa shape index (κ1) is 10.1. The molecule has 4 atom stereocenters. The molecule has 4 unspecified atom stereocenters. The number of hydrogen-bond acceptors (Lipinski definition) is 4. The van der Waals surface area contributed by atoms with Crippen molar-refractivity contribution in [1.82, 2.24) is 4.90 Å². The van der Waals surface area contributed by atoms with E-state index in [0.29, 0.717) is 12.5 Å². The van der Waals surface area contributed by atoms with Gasteiger partial charge in [-0.15, -0.1) is 0 Å². The predicted octanol–water partition coefficient (Wildman–Crippen LogP) is 0.600. The molecule has 0 amide bonds. The second-order valence-corrected chi connectivity index (χ2v) is 5.77. The molecule has 4 nitrogen and oxygen atoms in total. The Hall–Kier alpha value is -0.870. The van der Waals surface area contributed by atoms with Crippen molar-refractivity contribution in [2.75, 3.05) is 6.54 Å². The van der Waals surface area contributed by atoms with Crippen LogP contribution in [0, 0.1) is 0 Å². The van der Waals surface area contributed by atoms with Gasteiger partial charge in [-0.25, -0.2) is 4.79 Å². The molecule has 4 heteroatoms. The van der Waals surface area contributed by atoms with Crippen LogP contribution in [0.1, 0.15) is 32.1 Å². The van der Waals surface area contributed by atoms with Gasteiger partial charge in [-0.05, 0) is 25.0 Å². The zero-order valence-electron chi connectivity index (χ0n) is 9.76. The van der Waals surface area contributed by atoms with Crippen LogP contribution in [-0.2, 0) is 9.53 Å². The fourth-order valence-corrected chi connectivity index (χ4v) is 4.36. The van der Waals surface area contributed by atoms with Crippen molar-refractivity contribution >= 4 is 5.97 Å². The number of hydrogen-bond donors (Lipinski definition) is 1. The third-order valence-corrected chi connectivity index (χ3v) is 5.01. The molecule has 0 aromatic rings. The van der Waals surface area contributed by atoms with Gasteiger partial charge in [0.05, 0.1) is 12.1 Å². The van der Waals surface area contributed by atoms with Crippen molar-refractivity contribution in [3.8, 4) is 0 Å². The van der Waals surface area contributed by atoms with Gasteiger partial charge in [-0.3, -0.25) is 4.90 Å². The van der Waals surface area contributed by atoms with Crippen molar-refractivity contribution in [3.63, 3.8) is 0 Å². The summed E-state index contributed by atoms with van der Waals surface area (Å²) < 4.78 is 5.68. The number of aliphatic hydroxyl groups is 1. The molecule has 2 bridgehead atoms. The van der Waals surface area contributed by atoms with Gasteiger partial charge in [0.2, 0.25) is 0 Å². The molecule has 3 aliphatic heterocycles. The predicted molar refractivity (Wildman–Crippen MR) is 60.3 cm³/mol. The van der Waals surface area contributed by atoms with Crippen molar-refractivity contribution < 1.29 is 14.6 Å². The number of aliphatic hydroxyl groups excluding tert-OH is 1. The van der Waals surface area contributed by atoms with Crippen LogP contribution in [0.25, 0.3) is 0 Å². The standard InChI is InChI=1S/C13H17NO3/c15-10-5-8-6-12(16)17-13(8)7-9(10)14-4-2-1-3-11(13)14/h6,9-11,15H,1-5,7H2. The molecule has 3 heterocycles. The highest BCUT2D eigenvalue weighted by molar-refractivity contribution is 5.87. The number of fused-ring (bicyclic) bond motifs is 3. The van der Waals surface area contributed by atoms with Crippen LogP contribution in [0.5, 0.6) is 0 Å². The quantitative estimate of drug-likeness (QED) is 0.625. The van der Waals surface area contributed by atoms with Crippen LogP contribution in [0.3, 0.4) is 0 Å². The summed E-state index contributed by atoms with van der Waals surface area (Å²) in [7, 11) is 0. The van der Waals surface area contributed by atoms with Crippen molar-refractivity contribution in [3.05, 3.63) is 11.6 Å². The summed E-state index contributed by atoms with van der Waals surface area (Å²) in [6.07, 6.45) is 6.21. The summed E-state index contributed by atoms with van der Waals surface area (Å²) in [4.78, 5) is 14.0. The molecule has 1 spiro atoms. The van der Waals surface area contributed by atoms with Crippen LogP contribution in [-0.4, -0.2) is 46.3 Å². The largest absolute Gasteiger partial charge is 0.450 e. The van der Waals surface area contributed by atoms with Gasteiger partial charge in [0.1, 0.15) is 0 Å². The van der Waals surface area contributed by atoms with Crippen molar-refractivity contribution in [1.29, 1.82) is 0 Å². The lowest BCUT2D eigenvalue weighted by atomic mass is 9.76. The lowest BCUT2D eigenvalue weighted by molar-refractivity contribution is -0.148. The van der Waals surface area contributed by atoms with E-state index in [0.717, 1.165) is 25.0 Å². The summed E-state index contributed by atoms with van der Waals surface area (Å²) in [6.45, 7) is 1.04. The van der Waals surface area contributed by atoms with Crippen LogP contribution in [0.4, 0.5) is 0 Å². The highest BCUT2D eigenvalue weighted by atomic mass is 16.6. The average Bonchev–Trinajstić information content (AvgIpc) is 2.79. The molecule has 0 aromatic carbocycles. The number of carbonyl (C=O) groups is 1. The lowest BCUT2D eigenvalue weighted by Crippen LogP contribution is -2.48. The Labute approximate surface area is 100 Å². The number of carbonyl (C=O) groups excluding carboxylic acids is 1. The van der Waals surface area contributed by atoms with Gasteiger partial charge in [-0.2, -0.15) is 0 Å². The molecule has 17 heavy (non-hydrogen) atoms. The fourth-order valence-electron chi connectivity index (χ4n) is 4.36. The van der Waals surface area contributed by atoms with Gasteiger partial charge in [0, 0.05) is 25.0 Å². The zero-order valence-corrected chi connectivity index (χ0v) is 9.76. The van der Waals surface area contributed by atoms with Crippen LogP contribution < -0.4 is 0 Å². The number of piperidine rings is 1. The first-order valence-electron chi connectivity index (χ1n) is 6.58. The minimum Gasteiger partial charge on any atom is -0.450 e. The van der Waals surface area contributed by atoms with Gasteiger partial charge in [0.15, 0.2) is 5.60 Å². The van der Waals surface area contributed by atoms with Gasteiger partial charge >= 0.3 is 5.97 Å². The van der Waals surface area contributed by atoms with Crippen LogP contribution in [0.2, 0.25) is 0 Å². The van der Waals surface area contributed by atoms with Gasteiger partial charge < -0.3 is 9.84 Å². The monoisotopic (exact) mass is 235 g/mol. The lowest BCUT2D eigenvalue weighted by Gasteiger charge is -2.37. The first-order valence-corrected chi connectivity index (χ1v) is 6.58. The molecule has 0 radical (unpaired) electrons. The van der Waals surface area contributed by atoms with E-state index in [4.69, 9.17) is 4.74 Å². The summed E-state index contributed by atoms with van der Waals surface area (Å²) in [5.41, 5.74) is 0.669. The minimum atomic E-state index is -0.374. The molecule has 2 saturated heterocycles. The highest BCUT2D eigenvalue weighted by Gasteiger charge is 2.63. The maximum absolute atomic E-state index is 11.6. The van der Waals surface area contributed by atoms with E-state index >= 15 is 0 Å². The Morgan fingerprint density at radius 3 is 3.24 bits per heavy atom. The van der Waals surface area contributed by atoms with E-state index in [1.807, 2.05) is 0 Å². The molecule has 4 rings (SSSR count). The van der Waals surface area contributed by atoms with E-state index in [-0.39, 0.29) is 23.7 Å². The summed E-state index contributed by atoms with van der Waals surface area (Å²) in [5.74, 6) is -0.208. The van der Waals surface area contributed by atoms with E-state index in [1.54, 1.807) is 6.08 Å². The highest BCUT2D eigenvalue weighted by Crippen LogP contribution is 2.53. The molecular weight excluding hydrogens is 218 g/mol. The van der Waals surface area contributed by atoms with E-state index in [1.165, 1.54) is 12.8 Å². The molecule has 4 aliphatic rings. The van der Waals surface area contributed by atoms with E-state index < -0.39 is 0 Å². The van der Waals surface area contributed by atoms with Crippen molar-refractivity contribution in [2.45, 2.75) is 55.9 Å². The second-order valence-electron chi connectivity index (χ2n) is 5.77. The number of nitrogens with zero attached hydrogens (tertiary/aromatic N) is 1. The molecule has 3 fully saturated rings. The Balaban J connectivity index is 1.81. The molecule has 1 saturated carbocycles. The van der Waals surface area contributed by atoms with Crippen LogP contribution in [0.15, 0.2) is 11.6 Å². The van der Waals surface area contributed by atoms with Crippen LogP contribution >= 0.6 is 0 Å². The third-order valence-electron chi connectivity index (χ3n) is 5.01. The number of esters is 1. The maximum atomic E-state index is 11.6. The molecule has 0 aromatic heterocycles. The van der Waals surface area contributed by atoms with Gasteiger partial charge in [-0.1, -0.05) is 6.42 Å². The summed E-state index contributed by atoms with van der Waals surface area (Å²) in [5, 5.41) is 10.2. The summed E-state index contributed by atoms with van der Waals surface area (Å²) >= 11 is 0. The smallest absolute Gasteiger partial charge is 0.331 e. The molecule has 1 aliphatic carbocycles. The van der Waals surface area contributed by atoms with Crippen molar-refractivity contribution in [2.24, 2.45) is 0 Å². The second kappa shape index (κ2) is 3.12. The Bertz CT molecular complexity index is 419. The first-order chi connectivity index (χ1) is 8.21. The molecule has 1 N–H and O–H groups in total. The summed E-state index contributed by atoms with van der Waals surface area (Å²) in [6, 6.07) is 0.513. The minimum absolute atomic E-state index is 0.198. The average molecular weight is 235 g/mol. The third kappa shape index (κ3) is 1.13. The fraction of sp³-hybridized carbons (Fsp3) is 0.769. The van der Waals surface area contributed by atoms with E-state index in [2.05, 4.69) is 4.90 Å². The topological polar surface area (TPSA) is 49.8 Å². The van der Waals surface area contributed by atoms with Gasteiger partial charge in [0.25, 0.3) is 0 Å². The Morgan fingerprint density at radius 1 is 1.47 bits per heavy atom. The zero-order chi connectivity index (χ0) is 11.6. The number of ether oxygens (including phenoxy) is 1. The number of rotatable bonds is 0.